The van der Waals surface area contributed by atoms with Crippen molar-refractivity contribution in [3.05, 3.63) is 12.2 Å². The molecule has 5 nitrogen and oxygen atoms in total. The van der Waals surface area contributed by atoms with Gasteiger partial charge < -0.3 is 24.8 Å². The Morgan fingerprint density at radius 1 is 0.957 bits per heavy atom. The molecule has 0 bridgehead atoms. The minimum absolute atomic E-state index is 0.0385. The van der Waals surface area contributed by atoms with Gasteiger partial charge in [0.25, 0.3) is 0 Å². The first-order valence-electron chi connectivity index (χ1n) is 9.05. The normalized spacial score (nSPS) is 28.5. The topological polar surface area (TPSA) is 79.2 Å². The molecular weight excluding hydrogens is 296 g/mol. The smallest absolute Gasteiger partial charge is 0.111 e. The van der Waals surface area contributed by atoms with E-state index in [1.807, 2.05) is 0 Å². The number of allylic oxidation sites excluding steroid dienone is 2. The van der Waals surface area contributed by atoms with Gasteiger partial charge in [-0.1, -0.05) is 38.3 Å². The van der Waals surface area contributed by atoms with Gasteiger partial charge in [-0.15, -0.1) is 0 Å². The van der Waals surface area contributed by atoms with Crippen LogP contribution >= 0.6 is 0 Å². The van der Waals surface area contributed by atoms with E-state index in [0.717, 1.165) is 19.3 Å². The van der Waals surface area contributed by atoms with Crippen LogP contribution in [0.25, 0.3) is 0 Å². The minimum atomic E-state index is -1.15. The van der Waals surface area contributed by atoms with E-state index in [1.165, 1.54) is 32.1 Å². The first kappa shape index (κ1) is 20.6. The van der Waals surface area contributed by atoms with Crippen molar-refractivity contribution in [2.75, 3.05) is 19.8 Å². The summed E-state index contributed by atoms with van der Waals surface area (Å²) in [6.07, 6.45) is 10.2. The average Bonchev–Trinajstić information content (AvgIpc) is 2.55. The van der Waals surface area contributed by atoms with Crippen LogP contribution in [0.5, 0.6) is 0 Å². The van der Waals surface area contributed by atoms with Crippen LogP contribution in [0.1, 0.15) is 58.3 Å². The molecule has 5 heteroatoms. The molecule has 3 N–H and O–H groups in total. The highest BCUT2D eigenvalue weighted by atomic mass is 16.6. The molecule has 0 radical (unpaired) electrons. The second-order valence-electron chi connectivity index (χ2n) is 6.31. The van der Waals surface area contributed by atoms with Gasteiger partial charge in [-0.05, 0) is 32.1 Å². The van der Waals surface area contributed by atoms with E-state index in [-0.39, 0.29) is 13.2 Å². The Hall–Kier alpha value is -0.460. The zero-order valence-electron chi connectivity index (χ0n) is 14.4. The Kier molecular flexibility index (Phi) is 11.5. The molecule has 0 spiro atoms. The van der Waals surface area contributed by atoms with Gasteiger partial charge in [-0.25, -0.2) is 0 Å². The maximum atomic E-state index is 9.76. The van der Waals surface area contributed by atoms with Crippen LogP contribution in [0.15, 0.2) is 12.2 Å². The number of hydrogen-bond acceptors (Lipinski definition) is 5. The molecule has 0 aromatic rings. The molecule has 1 aliphatic heterocycles. The third-order valence-electron chi connectivity index (χ3n) is 4.19. The first-order valence-corrected chi connectivity index (χ1v) is 9.05. The summed E-state index contributed by atoms with van der Waals surface area (Å²) in [6.45, 7) is 3.14. The van der Waals surface area contributed by atoms with Crippen LogP contribution in [-0.2, 0) is 9.47 Å². The van der Waals surface area contributed by atoms with Gasteiger partial charge >= 0.3 is 0 Å². The van der Waals surface area contributed by atoms with E-state index in [9.17, 15) is 15.3 Å². The van der Waals surface area contributed by atoms with Crippen molar-refractivity contribution in [3.8, 4) is 0 Å². The van der Waals surface area contributed by atoms with Crippen LogP contribution in [-0.4, -0.2) is 59.6 Å². The number of unbranched alkanes of at least 4 members (excludes halogenated alkanes) is 6. The molecule has 1 aliphatic rings. The molecule has 1 rings (SSSR count). The lowest BCUT2D eigenvalue weighted by atomic mass is 10.0. The van der Waals surface area contributed by atoms with E-state index in [4.69, 9.17) is 9.47 Å². The van der Waals surface area contributed by atoms with Crippen LogP contribution < -0.4 is 0 Å². The van der Waals surface area contributed by atoms with Gasteiger partial charge in [0.05, 0.1) is 13.2 Å². The number of ether oxygens (including phenoxy) is 2. The van der Waals surface area contributed by atoms with Crippen molar-refractivity contribution < 1.29 is 24.8 Å². The molecule has 4 atom stereocenters. The highest BCUT2D eigenvalue weighted by Gasteiger charge is 2.37. The van der Waals surface area contributed by atoms with Crippen molar-refractivity contribution >= 4 is 0 Å². The Morgan fingerprint density at radius 2 is 1.65 bits per heavy atom. The molecule has 0 unspecified atom stereocenters. The molecule has 1 heterocycles. The Labute approximate surface area is 140 Å². The number of rotatable bonds is 12. The Balaban J connectivity index is 1.92. The molecule has 0 saturated carbocycles. The fourth-order valence-electron chi connectivity index (χ4n) is 2.60. The molecule has 0 amide bonds. The maximum absolute atomic E-state index is 9.76. The highest BCUT2D eigenvalue weighted by molar-refractivity contribution is 4.86. The second kappa shape index (κ2) is 12.9. The average molecular weight is 330 g/mol. The van der Waals surface area contributed by atoms with Crippen molar-refractivity contribution in [1.82, 2.24) is 0 Å². The number of aliphatic hydroxyl groups is 3. The van der Waals surface area contributed by atoms with Gasteiger partial charge in [0.2, 0.25) is 0 Å². The summed E-state index contributed by atoms with van der Waals surface area (Å²) in [7, 11) is 0. The van der Waals surface area contributed by atoms with Crippen LogP contribution in [0, 0.1) is 0 Å². The predicted octanol–water partition coefficient (Wildman–Crippen LogP) is 2.18. The molecule has 1 fully saturated rings. The standard InChI is InChI=1S/C18H34O5/c1-2-3-4-5-6-7-8-9-10-11-12-22-14-16-18(21)17(20)15(19)13-23-16/h6-7,15-21H,2-5,8-14H2,1H3/b7-6+/t15-,16+,17+,18+/m0/s1. The summed E-state index contributed by atoms with van der Waals surface area (Å²) >= 11 is 0. The van der Waals surface area contributed by atoms with Gasteiger partial charge in [-0.3, -0.25) is 0 Å². The zero-order chi connectivity index (χ0) is 16.9. The molecule has 0 aromatic heterocycles. The number of hydrogen-bond donors (Lipinski definition) is 3. The molecule has 136 valence electrons. The van der Waals surface area contributed by atoms with Crippen molar-refractivity contribution in [2.45, 2.75) is 82.7 Å². The van der Waals surface area contributed by atoms with Gasteiger partial charge in [0.1, 0.15) is 24.4 Å². The van der Waals surface area contributed by atoms with Crippen LogP contribution in [0.2, 0.25) is 0 Å². The highest BCUT2D eigenvalue weighted by Crippen LogP contribution is 2.16. The minimum Gasteiger partial charge on any atom is -0.388 e. The van der Waals surface area contributed by atoms with Gasteiger partial charge in [0.15, 0.2) is 0 Å². The lowest BCUT2D eigenvalue weighted by Gasteiger charge is -2.35. The summed E-state index contributed by atoms with van der Waals surface area (Å²) in [6, 6.07) is 0. The van der Waals surface area contributed by atoms with E-state index in [1.54, 1.807) is 0 Å². The second-order valence-corrected chi connectivity index (χ2v) is 6.31. The van der Waals surface area contributed by atoms with Crippen molar-refractivity contribution in [1.29, 1.82) is 0 Å². The van der Waals surface area contributed by atoms with Crippen LogP contribution in [0.3, 0.4) is 0 Å². The summed E-state index contributed by atoms with van der Waals surface area (Å²) in [5.41, 5.74) is 0. The van der Waals surface area contributed by atoms with E-state index in [2.05, 4.69) is 19.1 Å². The summed E-state index contributed by atoms with van der Waals surface area (Å²) in [4.78, 5) is 0. The molecule has 1 saturated heterocycles. The van der Waals surface area contributed by atoms with E-state index in [0.29, 0.717) is 6.61 Å². The van der Waals surface area contributed by atoms with Crippen molar-refractivity contribution in [3.63, 3.8) is 0 Å². The largest absolute Gasteiger partial charge is 0.388 e. The summed E-state index contributed by atoms with van der Waals surface area (Å²) in [5.74, 6) is 0. The first-order chi connectivity index (χ1) is 11.2. The fraction of sp³-hybridized carbons (Fsp3) is 0.889. The summed E-state index contributed by atoms with van der Waals surface area (Å²) in [5, 5.41) is 28.7. The fourth-order valence-corrected chi connectivity index (χ4v) is 2.60. The SMILES string of the molecule is CCCCC/C=C/CCCCCOC[C@H]1OC[C@H](O)[C@@H](O)[C@@H]1O. The monoisotopic (exact) mass is 330 g/mol. The predicted molar refractivity (Wildman–Crippen MR) is 90.3 cm³/mol. The number of aliphatic hydroxyl groups excluding tert-OH is 3. The lowest BCUT2D eigenvalue weighted by Crippen LogP contribution is -2.54. The zero-order valence-corrected chi connectivity index (χ0v) is 14.4. The quantitative estimate of drug-likeness (QED) is 0.377. The third-order valence-corrected chi connectivity index (χ3v) is 4.19. The third kappa shape index (κ3) is 8.82. The van der Waals surface area contributed by atoms with Gasteiger partial charge in [-0.2, -0.15) is 0 Å². The molecule has 0 aliphatic carbocycles. The molecular formula is C18H34O5. The Morgan fingerprint density at radius 3 is 2.35 bits per heavy atom. The van der Waals surface area contributed by atoms with Crippen molar-refractivity contribution in [2.24, 2.45) is 0 Å². The lowest BCUT2D eigenvalue weighted by molar-refractivity contribution is -0.199. The Bertz CT molecular complexity index is 308. The van der Waals surface area contributed by atoms with E-state index < -0.39 is 24.4 Å². The van der Waals surface area contributed by atoms with Crippen LogP contribution in [0.4, 0.5) is 0 Å². The van der Waals surface area contributed by atoms with E-state index >= 15 is 0 Å². The maximum Gasteiger partial charge on any atom is 0.111 e. The summed E-state index contributed by atoms with van der Waals surface area (Å²) < 4.78 is 10.8. The molecule has 23 heavy (non-hydrogen) atoms. The molecule has 0 aromatic carbocycles. The van der Waals surface area contributed by atoms with Gasteiger partial charge in [0, 0.05) is 6.61 Å².